The third kappa shape index (κ3) is 5.04. The molecule has 31 heavy (non-hydrogen) atoms. The number of carbonyl (C=O) groups is 2. The van der Waals surface area contributed by atoms with Crippen LogP contribution in [-0.2, 0) is 9.59 Å². The predicted molar refractivity (Wildman–Crippen MR) is 121 cm³/mol. The van der Waals surface area contributed by atoms with Gasteiger partial charge >= 0.3 is 0 Å². The van der Waals surface area contributed by atoms with Crippen molar-refractivity contribution in [3.63, 3.8) is 0 Å². The van der Waals surface area contributed by atoms with E-state index in [1.807, 2.05) is 60.4 Å². The molecule has 164 valence electrons. The summed E-state index contributed by atoms with van der Waals surface area (Å²) >= 11 is 6.31. The summed E-state index contributed by atoms with van der Waals surface area (Å²) in [6.07, 6.45) is 3.66. The highest BCUT2D eigenvalue weighted by Gasteiger charge is 2.45. The van der Waals surface area contributed by atoms with Gasteiger partial charge < -0.3 is 15.0 Å². The monoisotopic (exact) mass is 440 g/mol. The Balaban J connectivity index is 1.39. The minimum atomic E-state index is -0.168. The van der Waals surface area contributed by atoms with Crippen molar-refractivity contribution in [2.24, 2.45) is 5.92 Å². The van der Waals surface area contributed by atoms with Crippen LogP contribution in [0.1, 0.15) is 55.7 Å². The molecule has 5 nitrogen and oxygen atoms in total. The van der Waals surface area contributed by atoms with E-state index >= 15 is 0 Å². The van der Waals surface area contributed by atoms with Crippen LogP contribution in [-0.4, -0.2) is 36.4 Å². The molecule has 1 saturated heterocycles. The number of amides is 2. The first-order chi connectivity index (χ1) is 15.1. The number of halogens is 1. The highest BCUT2D eigenvalue weighted by atomic mass is 35.5. The van der Waals surface area contributed by atoms with Gasteiger partial charge in [0, 0.05) is 29.6 Å². The Hall–Kier alpha value is -2.53. The van der Waals surface area contributed by atoms with Gasteiger partial charge in [0.15, 0.2) is 6.61 Å². The van der Waals surface area contributed by atoms with Crippen LogP contribution >= 0.6 is 11.6 Å². The lowest BCUT2D eigenvalue weighted by Crippen LogP contribution is -2.33. The molecule has 2 fully saturated rings. The van der Waals surface area contributed by atoms with Crippen molar-refractivity contribution in [1.29, 1.82) is 0 Å². The van der Waals surface area contributed by atoms with E-state index in [4.69, 9.17) is 16.3 Å². The van der Waals surface area contributed by atoms with Gasteiger partial charge in [-0.3, -0.25) is 9.59 Å². The Bertz CT molecular complexity index is 942. The molecule has 1 aliphatic carbocycles. The molecule has 0 spiro atoms. The van der Waals surface area contributed by atoms with Crippen molar-refractivity contribution < 1.29 is 14.3 Å². The van der Waals surface area contributed by atoms with Crippen LogP contribution in [0.25, 0.3) is 0 Å². The molecule has 3 atom stereocenters. The smallest absolute Gasteiger partial charge is 0.260 e. The fourth-order valence-electron chi connectivity index (χ4n) is 4.38. The molecule has 1 heterocycles. The highest BCUT2D eigenvalue weighted by molar-refractivity contribution is 6.31. The van der Waals surface area contributed by atoms with Gasteiger partial charge in [0.25, 0.3) is 5.91 Å². The van der Waals surface area contributed by atoms with Crippen LogP contribution in [0.15, 0.2) is 48.5 Å². The molecule has 0 radical (unpaired) electrons. The molecule has 4 rings (SSSR count). The maximum Gasteiger partial charge on any atom is 0.260 e. The number of rotatable bonds is 8. The first kappa shape index (κ1) is 21.7. The summed E-state index contributed by atoms with van der Waals surface area (Å²) in [6.45, 7) is 3.69. The average Bonchev–Trinajstić information content (AvgIpc) is 3.39. The lowest BCUT2D eigenvalue weighted by Gasteiger charge is -2.22. The molecule has 3 unspecified atom stereocenters. The number of carbonyl (C=O) groups excluding carboxylic acids is 2. The van der Waals surface area contributed by atoms with Gasteiger partial charge in [-0.25, -0.2) is 0 Å². The SMILES string of the molecule is CCC(NC(=O)C1CC1c1ccccc1Cl)c1ccccc1OCC(=O)N1CCCC1. The maximum absolute atomic E-state index is 12.9. The van der Waals surface area contributed by atoms with E-state index in [0.717, 1.165) is 54.9 Å². The Kier molecular flexibility index (Phi) is 6.81. The van der Waals surface area contributed by atoms with E-state index < -0.39 is 0 Å². The van der Waals surface area contributed by atoms with Crippen molar-refractivity contribution in [1.82, 2.24) is 10.2 Å². The van der Waals surface area contributed by atoms with Gasteiger partial charge in [-0.05, 0) is 49.3 Å². The Morgan fingerprint density at radius 2 is 1.84 bits per heavy atom. The molecule has 2 aromatic carbocycles. The summed E-state index contributed by atoms with van der Waals surface area (Å²) in [7, 11) is 0. The van der Waals surface area contributed by atoms with Crippen LogP contribution in [0.4, 0.5) is 0 Å². The first-order valence-corrected chi connectivity index (χ1v) is 11.5. The van der Waals surface area contributed by atoms with Crippen molar-refractivity contribution in [2.45, 2.75) is 44.6 Å². The number of para-hydroxylation sites is 1. The van der Waals surface area contributed by atoms with E-state index in [1.165, 1.54) is 0 Å². The molecule has 0 aromatic heterocycles. The summed E-state index contributed by atoms with van der Waals surface area (Å²) in [5.74, 6) is 0.833. The maximum atomic E-state index is 12.9. The molecule has 6 heteroatoms. The minimum Gasteiger partial charge on any atom is -0.483 e. The van der Waals surface area contributed by atoms with Crippen LogP contribution in [0, 0.1) is 5.92 Å². The van der Waals surface area contributed by atoms with E-state index in [9.17, 15) is 9.59 Å². The van der Waals surface area contributed by atoms with E-state index in [-0.39, 0.29) is 36.3 Å². The minimum absolute atomic E-state index is 0.0185. The fourth-order valence-corrected chi connectivity index (χ4v) is 4.66. The Morgan fingerprint density at radius 3 is 2.58 bits per heavy atom. The van der Waals surface area contributed by atoms with Crippen molar-refractivity contribution in [2.75, 3.05) is 19.7 Å². The lowest BCUT2D eigenvalue weighted by atomic mass is 10.0. The largest absolute Gasteiger partial charge is 0.483 e. The van der Waals surface area contributed by atoms with E-state index in [0.29, 0.717) is 5.75 Å². The molecule has 2 amide bonds. The summed E-state index contributed by atoms with van der Waals surface area (Å²) in [4.78, 5) is 27.2. The van der Waals surface area contributed by atoms with Gasteiger partial charge in [-0.1, -0.05) is 54.9 Å². The van der Waals surface area contributed by atoms with Gasteiger partial charge in [0.1, 0.15) is 5.75 Å². The molecule has 0 bridgehead atoms. The number of hydrogen-bond acceptors (Lipinski definition) is 3. The van der Waals surface area contributed by atoms with Crippen LogP contribution in [0.5, 0.6) is 5.75 Å². The van der Waals surface area contributed by atoms with Crippen molar-refractivity contribution in [3.8, 4) is 5.75 Å². The standard InChI is InChI=1S/C25H29ClN2O3/c1-2-22(27-25(30)20-15-19(20)17-9-3-5-11-21(17)26)18-10-4-6-12-23(18)31-16-24(29)28-13-7-8-14-28/h3-6,9-12,19-20,22H,2,7-8,13-16H2,1H3,(H,27,30). The zero-order valence-electron chi connectivity index (χ0n) is 17.9. The Labute approximate surface area is 188 Å². The number of nitrogens with one attached hydrogen (secondary N) is 1. The molecular weight excluding hydrogens is 412 g/mol. The predicted octanol–water partition coefficient (Wildman–Crippen LogP) is 4.71. The van der Waals surface area contributed by atoms with Crippen LogP contribution < -0.4 is 10.1 Å². The Morgan fingerprint density at radius 1 is 1.13 bits per heavy atom. The topological polar surface area (TPSA) is 58.6 Å². The normalized spacial score (nSPS) is 20.9. The summed E-state index contributed by atoms with van der Waals surface area (Å²) in [5.41, 5.74) is 1.95. The number of nitrogens with zero attached hydrogens (tertiary/aromatic N) is 1. The number of likely N-dealkylation sites (tertiary alicyclic amines) is 1. The summed E-state index contributed by atoms with van der Waals surface area (Å²) < 4.78 is 5.90. The first-order valence-electron chi connectivity index (χ1n) is 11.1. The number of hydrogen-bond donors (Lipinski definition) is 1. The van der Waals surface area contributed by atoms with Gasteiger partial charge in [-0.15, -0.1) is 0 Å². The van der Waals surface area contributed by atoms with Crippen molar-refractivity contribution in [3.05, 3.63) is 64.7 Å². The average molecular weight is 441 g/mol. The molecule has 2 aliphatic rings. The number of benzene rings is 2. The fraction of sp³-hybridized carbons (Fsp3) is 0.440. The molecule has 1 N–H and O–H groups in total. The second kappa shape index (κ2) is 9.73. The van der Waals surface area contributed by atoms with E-state index in [2.05, 4.69) is 5.32 Å². The highest BCUT2D eigenvalue weighted by Crippen LogP contribution is 2.50. The summed E-state index contributed by atoms with van der Waals surface area (Å²) in [6, 6.07) is 15.2. The molecule has 1 aliphatic heterocycles. The van der Waals surface area contributed by atoms with Gasteiger partial charge in [0.2, 0.25) is 5.91 Å². The quantitative estimate of drug-likeness (QED) is 0.646. The van der Waals surface area contributed by atoms with Gasteiger partial charge in [0.05, 0.1) is 6.04 Å². The lowest BCUT2D eigenvalue weighted by molar-refractivity contribution is -0.132. The zero-order chi connectivity index (χ0) is 21.8. The summed E-state index contributed by atoms with van der Waals surface area (Å²) in [5, 5.41) is 3.91. The van der Waals surface area contributed by atoms with Crippen molar-refractivity contribution >= 4 is 23.4 Å². The van der Waals surface area contributed by atoms with Crippen LogP contribution in [0.3, 0.4) is 0 Å². The number of ether oxygens (including phenoxy) is 1. The second-order valence-electron chi connectivity index (χ2n) is 8.35. The van der Waals surface area contributed by atoms with E-state index in [1.54, 1.807) is 0 Å². The second-order valence-corrected chi connectivity index (χ2v) is 8.76. The molecule has 2 aromatic rings. The third-order valence-corrected chi connectivity index (χ3v) is 6.61. The van der Waals surface area contributed by atoms with Gasteiger partial charge in [-0.2, -0.15) is 0 Å². The molecular formula is C25H29ClN2O3. The van der Waals surface area contributed by atoms with Crippen LogP contribution in [0.2, 0.25) is 5.02 Å². The molecule has 1 saturated carbocycles. The third-order valence-electron chi connectivity index (χ3n) is 6.26. The zero-order valence-corrected chi connectivity index (χ0v) is 18.6.